The Bertz CT molecular complexity index is 871. The van der Waals surface area contributed by atoms with Crippen molar-refractivity contribution in [1.82, 2.24) is 9.91 Å². The minimum atomic E-state index is -0.334. The Hall–Kier alpha value is -2.04. The first-order chi connectivity index (χ1) is 13.2. The van der Waals surface area contributed by atoms with Crippen LogP contribution in [-0.4, -0.2) is 41.0 Å². The summed E-state index contributed by atoms with van der Waals surface area (Å²) in [5, 5.41) is 8.13. The molecule has 3 aliphatic rings. The number of halogens is 1. The molecule has 3 aliphatic heterocycles. The van der Waals surface area contributed by atoms with Gasteiger partial charge in [-0.15, -0.1) is 0 Å². The van der Waals surface area contributed by atoms with E-state index in [0.29, 0.717) is 0 Å². The van der Waals surface area contributed by atoms with Crippen LogP contribution < -0.4 is 4.74 Å². The van der Waals surface area contributed by atoms with Gasteiger partial charge in [0.25, 0.3) is 0 Å². The molecule has 2 aromatic rings. The second kappa shape index (κ2) is 6.54. The van der Waals surface area contributed by atoms with E-state index in [4.69, 9.17) is 21.4 Å². The number of hydrogen-bond donors (Lipinski definition) is 0. The molecule has 1 spiro atoms. The van der Waals surface area contributed by atoms with Gasteiger partial charge in [0.1, 0.15) is 5.75 Å². The van der Waals surface area contributed by atoms with Crippen LogP contribution in [0.15, 0.2) is 53.6 Å². The van der Waals surface area contributed by atoms with E-state index < -0.39 is 0 Å². The first-order valence-corrected chi connectivity index (χ1v) is 10.2. The van der Waals surface area contributed by atoms with Crippen LogP contribution in [0.2, 0.25) is 5.02 Å². The lowest BCUT2D eigenvalue weighted by molar-refractivity contribution is -0.149. The van der Waals surface area contributed by atoms with E-state index in [0.717, 1.165) is 60.9 Å². The maximum absolute atomic E-state index is 6.64. The summed E-state index contributed by atoms with van der Waals surface area (Å²) in [6, 6.07) is 16.7. The van der Waals surface area contributed by atoms with Crippen molar-refractivity contribution in [2.45, 2.75) is 38.0 Å². The van der Waals surface area contributed by atoms with Crippen LogP contribution in [-0.2, 0) is 0 Å². The molecule has 0 aromatic heterocycles. The van der Waals surface area contributed by atoms with Gasteiger partial charge in [-0.3, -0.25) is 0 Å². The molecule has 0 saturated carbocycles. The Balaban J connectivity index is 1.54. The zero-order valence-corrected chi connectivity index (χ0v) is 16.3. The average molecular weight is 382 g/mol. The number of benzene rings is 2. The molecular formula is C22H24ClN3O. The predicted molar refractivity (Wildman–Crippen MR) is 108 cm³/mol. The molecule has 0 aliphatic carbocycles. The number of ether oxygens (including phenoxy) is 1. The van der Waals surface area contributed by atoms with Crippen molar-refractivity contribution in [3.05, 3.63) is 64.7 Å². The van der Waals surface area contributed by atoms with Crippen molar-refractivity contribution in [2.24, 2.45) is 5.10 Å². The third kappa shape index (κ3) is 2.82. The average Bonchev–Trinajstić information content (AvgIpc) is 3.16. The van der Waals surface area contributed by atoms with Gasteiger partial charge in [-0.05, 0) is 30.3 Å². The molecule has 0 bridgehead atoms. The Morgan fingerprint density at radius 2 is 1.85 bits per heavy atom. The summed E-state index contributed by atoms with van der Waals surface area (Å²) >= 11 is 6.08. The van der Waals surface area contributed by atoms with E-state index in [1.165, 1.54) is 5.56 Å². The molecule has 140 valence electrons. The van der Waals surface area contributed by atoms with E-state index in [1.54, 1.807) is 0 Å². The highest BCUT2D eigenvalue weighted by Crippen LogP contribution is 2.49. The van der Waals surface area contributed by atoms with E-state index in [-0.39, 0.29) is 11.8 Å². The number of hydrazone groups is 1. The Morgan fingerprint density at radius 1 is 1.11 bits per heavy atom. The van der Waals surface area contributed by atoms with Crippen LogP contribution in [0.1, 0.15) is 43.4 Å². The number of likely N-dealkylation sites (tertiary alicyclic amines) is 1. The van der Waals surface area contributed by atoms with Gasteiger partial charge in [-0.1, -0.05) is 48.9 Å². The molecule has 4 nitrogen and oxygen atoms in total. The first kappa shape index (κ1) is 17.1. The SMILES string of the molecule is CCN1CCC2(CC1)Oc1ccccc1[C@H]1CC(c3ccc(Cl)cc3)=NN12. The van der Waals surface area contributed by atoms with Gasteiger partial charge >= 0.3 is 0 Å². The van der Waals surface area contributed by atoms with E-state index in [1.807, 2.05) is 12.1 Å². The highest BCUT2D eigenvalue weighted by Gasteiger charge is 2.51. The highest BCUT2D eigenvalue weighted by atomic mass is 35.5. The van der Waals surface area contributed by atoms with Gasteiger partial charge in [-0.25, -0.2) is 5.01 Å². The van der Waals surface area contributed by atoms with Crippen LogP contribution in [0.4, 0.5) is 0 Å². The molecule has 5 heteroatoms. The largest absolute Gasteiger partial charge is 0.466 e. The molecule has 27 heavy (non-hydrogen) atoms. The van der Waals surface area contributed by atoms with Gasteiger partial charge in [0, 0.05) is 42.9 Å². The third-order valence-electron chi connectivity index (χ3n) is 6.17. The highest BCUT2D eigenvalue weighted by molar-refractivity contribution is 6.30. The standard InChI is InChI=1S/C22H24ClN3O/c1-2-25-13-11-22(12-14-25)26-20(18-5-3-4-6-21(18)27-22)15-19(24-26)16-7-9-17(23)10-8-16/h3-10,20H,2,11-15H2,1H3/t20-/m1/s1. The minimum absolute atomic E-state index is 0.244. The summed E-state index contributed by atoms with van der Waals surface area (Å²) in [6.07, 6.45) is 2.85. The van der Waals surface area contributed by atoms with Crippen molar-refractivity contribution in [3.8, 4) is 5.75 Å². The van der Waals surface area contributed by atoms with Crippen LogP contribution in [0.3, 0.4) is 0 Å². The Labute approximate surface area is 165 Å². The summed E-state index contributed by atoms with van der Waals surface area (Å²) in [4.78, 5) is 2.49. The normalized spacial score (nSPS) is 23.6. The molecule has 2 aromatic carbocycles. The third-order valence-corrected chi connectivity index (χ3v) is 6.42. The van der Waals surface area contributed by atoms with Gasteiger partial charge in [0.15, 0.2) is 0 Å². The minimum Gasteiger partial charge on any atom is -0.466 e. The Morgan fingerprint density at radius 3 is 2.59 bits per heavy atom. The van der Waals surface area contributed by atoms with Crippen LogP contribution in [0.5, 0.6) is 5.75 Å². The van der Waals surface area contributed by atoms with Crippen LogP contribution in [0, 0.1) is 0 Å². The van der Waals surface area contributed by atoms with Crippen molar-refractivity contribution in [2.75, 3.05) is 19.6 Å². The molecule has 5 rings (SSSR count). The van der Waals surface area contributed by atoms with Crippen LogP contribution in [0.25, 0.3) is 0 Å². The fraction of sp³-hybridized carbons (Fsp3) is 0.409. The molecular weight excluding hydrogens is 358 g/mol. The second-order valence-electron chi connectivity index (χ2n) is 7.64. The predicted octanol–water partition coefficient (Wildman–Crippen LogP) is 4.70. The zero-order valence-electron chi connectivity index (χ0n) is 15.6. The molecule has 1 saturated heterocycles. The van der Waals surface area contributed by atoms with E-state index >= 15 is 0 Å². The second-order valence-corrected chi connectivity index (χ2v) is 8.07. The number of nitrogens with zero attached hydrogens (tertiary/aromatic N) is 3. The molecule has 1 fully saturated rings. The maximum atomic E-state index is 6.64. The molecule has 3 heterocycles. The maximum Gasteiger partial charge on any atom is 0.200 e. The molecule has 0 amide bonds. The van der Waals surface area contributed by atoms with Crippen molar-refractivity contribution in [1.29, 1.82) is 0 Å². The monoisotopic (exact) mass is 381 g/mol. The summed E-state index contributed by atoms with van der Waals surface area (Å²) in [6.45, 7) is 5.42. The summed E-state index contributed by atoms with van der Waals surface area (Å²) in [7, 11) is 0. The Kier molecular flexibility index (Phi) is 4.14. The zero-order chi connectivity index (χ0) is 18.4. The fourth-order valence-corrected chi connectivity index (χ4v) is 4.72. The number of fused-ring (bicyclic) bond motifs is 4. The van der Waals surface area contributed by atoms with Crippen LogP contribution >= 0.6 is 11.6 Å². The molecule has 1 atom stereocenters. The fourth-order valence-electron chi connectivity index (χ4n) is 4.59. The van der Waals surface area contributed by atoms with Gasteiger partial charge < -0.3 is 9.64 Å². The van der Waals surface area contributed by atoms with Crippen molar-refractivity contribution in [3.63, 3.8) is 0 Å². The number of rotatable bonds is 2. The summed E-state index contributed by atoms with van der Waals surface area (Å²) in [5.74, 6) is 1.02. The first-order valence-electron chi connectivity index (χ1n) is 9.81. The number of para-hydroxylation sites is 1. The smallest absolute Gasteiger partial charge is 0.200 e. The lowest BCUT2D eigenvalue weighted by atomic mass is 9.91. The van der Waals surface area contributed by atoms with Crippen molar-refractivity contribution < 1.29 is 4.74 Å². The summed E-state index contributed by atoms with van der Waals surface area (Å²) in [5.41, 5.74) is 3.18. The summed E-state index contributed by atoms with van der Waals surface area (Å²) < 4.78 is 6.64. The van der Waals surface area contributed by atoms with Gasteiger partial charge in [0.2, 0.25) is 5.72 Å². The molecule has 0 radical (unpaired) electrons. The van der Waals surface area contributed by atoms with Crippen molar-refractivity contribution >= 4 is 17.3 Å². The number of hydrogen-bond acceptors (Lipinski definition) is 4. The lowest BCUT2D eigenvalue weighted by Crippen LogP contribution is -2.59. The van der Waals surface area contributed by atoms with Gasteiger partial charge in [0.05, 0.1) is 11.8 Å². The lowest BCUT2D eigenvalue weighted by Gasteiger charge is -2.51. The van der Waals surface area contributed by atoms with E-state index in [2.05, 4.69) is 53.2 Å². The van der Waals surface area contributed by atoms with Gasteiger partial charge in [-0.2, -0.15) is 5.10 Å². The molecule has 0 N–H and O–H groups in total. The quantitative estimate of drug-likeness (QED) is 0.755. The number of piperidine rings is 1. The molecule has 0 unspecified atom stereocenters. The topological polar surface area (TPSA) is 28.1 Å². The van der Waals surface area contributed by atoms with E-state index in [9.17, 15) is 0 Å².